The molecular formula is C24H27N5O2. The average molecular weight is 418 g/mol. The zero-order valence-electron chi connectivity index (χ0n) is 17.7. The lowest BCUT2D eigenvalue weighted by molar-refractivity contribution is -0.130. The van der Waals surface area contributed by atoms with Crippen molar-refractivity contribution in [2.75, 3.05) is 26.2 Å². The second-order valence-electron chi connectivity index (χ2n) is 8.55. The summed E-state index contributed by atoms with van der Waals surface area (Å²) in [7, 11) is 1.98. The third kappa shape index (κ3) is 3.59. The summed E-state index contributed by atoms with van der Waals surface area (Å²) in [6.07, 6.45) is 4.63. The Kier molecular flexibility index (Phi) is 4.98. The van der Waals surface area contributed by atoms with Crippen molar-refractivity contribution in [3.63, 3.8) is 0 Å². The second-order valence-corrected chi connectivity index (χ2v) is 8.55. The molecule has 5 rings (SSSR count). The molecule has 0 atom stereocenters. The molecule has 31 heavy (non-hydrogen) atoms. The monoisotopic (exact) mass is 417 g/mol. The molecule has 1 saturated heterocycles. The Morgan fingerprint density at radius 1 is 1.03 bits per heavy atom. The van der Waals surface area contributed by atoms with Gasteiger partial charge >= 0.3 is 0 Å². The standard InChI is InChI=1S/C24H27N5O2/c1-28-16-26-20-15-19(7-8-21(20)28)17-3-5-18(6-4-17)22(30)29-13-11-25-23(31)24(9-2-10-24)27-12-14-29/h3-8,15-16,27H,2,9-14H2,1H3,(H,25,31). The number of aromatic nitrogens is 2. The SMILES string of the molecule is Cn1cnc2cc(-c3ccc(C(=O)N4CCNC(=O)C5(CCC5)NCC4)cc3)ccc21. The lowest BCUT2D eigenvalue weighted by atomic mass is 9.76. The molecule has 7 nitrogen and oxygen atoms in total. The quantitative estimate of drug-likeness (QED) is 0.671. The molecule has 1 spiro atoms. The van der Waals surface area contributed by atoms with Gasteiger partial charge in [0.05, 0.1) is 22.9 Å². The van der Waals surface area contributed by atoms with Gasteiger partial charge in [-0.05, 0) is 54.7 Å². The Hall–Kier alpha value is -3.19. The third-order valence-electron chi connectivity index (χ3n) is 6.63. The van der Waals surface area contributed by atoms with Gasteiger partial charge in [-0.3, -0.25) is 9.59 Å². The van der Waals surface area contributed by atoms with Gasteiger partial charge in [0.15, 0.2) is 0 Å². The van der Waals surface area contributed by atoms with Crippen molar-refractivity contribution in [1.82, 2.24) is 25.1 Å². The molecule has 0 radical (unpaired) electrons. The largest absolute Gasteiger partial charge is 0.353 e. The van der Waals surface area contributed by atoms with Crippen LogP contribution in [0.15, 0.2) is 48.8 Å². The zero-order valence-corrected chi connectivity index (χ0v) is 17.7. The van der Waals surface area contributed by atoms with E-state index in [1.54, 1.807) is 0 Å². The van der Waals surface area contributed by atoms with E-state index in [1.807, 2.05) is 47.1 Å². The Bertz CT molecular complexity index is 1130. The molecule has 2 aromatic carbocycles. The van der Waals surface area contributed by atoms with E-state index in [-0.39, 0.29) is 11.8 Å². The highest BCUT2D eigenvalue weighted by Crippen LogP contribution is 2.32. The Morgan fingerprint density at radius 3 is 2.52 bits per heavy atom. The van der Waals surface area contributed by atoms with Gasteiger partial charge in [0.2, 0.25) is 5.91 Å². The van der Waals surface area contributed by atoms with Crippen LogP contribution >= 0.6 is 0 Å². The fourth-order valence-electron chi connectivity index (χ4n) is 4.54. The van der Waals surface area contributed by atoms with E-state index in [9.17, 15) is 9.59 Å². The van der Waals surface area contributed by atoms with Gasteiger partial charge in [-0.15, -0.1) is 0 Å². The molecule has 2 fully saturated rings. The van der Waals surface area contributed by atoms with Crippen LogP contribution in [-0.2, 0) is 11.8 Å². The smallest absolute Gasteiger partial charge is 0.253 e. The number of carbonyl (C=O) groups is 2. The van der Waals surface area contributed by atoms with Gasteiger partial charge in [0, 0.05) is 38.8 Å². The molecule has 1 aliphatic heterocycles. The number of aryl methyl sites for hydroxylation is 1. The van der Waals surface area contributed by atoms with E-state index >= 15 is 0 Å². The number of carbonyl (C=O) groups excluding carboxylic acids is 2. The van der Waals surface area contributed by atoms with E-state index < -0.39 is 5.54 Å². The summed E-state index contributed by atoms with van der Waals surface area (Å²) in [6, 6.07) is 13.9. The lowest BCUT2D eigenvalue weighted by Crippen LogP contribution is -2.61. The molecule has 1 aromatic heterocycles. The summed E-state index contributed by atoms with van der Waals surface area (Å²) in [4.78, 5) is 31.8. The van der Waals surface area contributed by atoms with Crippen molar-refractivity contribution in [3.8, 4) is 11.1 Å². The fourth-order valence-corrected chi connectivity index (χ4v) is 4.54. The summed E-state index contributed by atoms with van der Waals surface area (Å²) in [5, 5.41) is 6.39. The first-order valence-corrected chi connectivity index (χ1v) is 10.9. The minimum Gasteiger partial charge on any atom is -0.353 e. The van der Waals surface area contributed by atoms with E-state index in [2.05, 4.69) is 33.8 Å². The molecule has 2 heterocycles. The number of hydrogen-bond acceptors (Lipinski definition) is 4. The van der Waals surface area contributed by atoms with Crippen LogP contribution in [0.2, 0.25) is 0 Å². The van der Waals surface area contributed by atoms with Gasteiger partial charge in [0.1, 0.15) is 0 Å². The molecule has 1 saturated carbocycles. The third-order valence-corrected chi connectivity index (χ3v) is 6.63. The molecular weight excluding hydrogens is 390 g/mol. The van der Waals surface area contributed by atoms with Crippen molar-refractivity contribution in [3.05, 3.63) is 54.4 Å². The maximum Gasteiger partial charge on any atom is 0.253 e. The second kappa shape index (κ2) is 7.81. The number of imidazole rings is 1. The van der Waals surface area contributed by atoms with Gasteiger partial charge < -0.3 is 20.1 Å². The highest BCUT2D eigenvalue weighted by atomic mass is 16.2. The van der Waals surface area contributed by atoms with Crippen LogP contribution in [0.5, 0.6) is 0 Å². The zero-order chi connectivity index (χ0) is 21.4. The van der Waals surface area contributed by atoms with Crippen molar-refractivity contribution >= 4 is 22.8 Å². The maximum atomic E-state index is 13.1. The Labute approximate surface area is 181 Å². The minimum absolute atomic E-state index is 0.00710. The summed E-state index contributed by atoms with van der Waals surface area (Å²) in [6.45, 7) is 2.21. The molecule has 7 heteroatoms. The number of nitrogens with one attached hydrogen (secondary N) is 2. The minimum atomic E-state index is -0.421. The summed E-state index contributed by atoms with van der Waals surface area (Å²) >= 11 is 0. The lowest BCUT2D eigenvalue weighted by Gasteiger charge is -2.40. The molecule has 2 aliphatic rings. The van der Waals surface area contributed by atoms with Gasteiger partial charge in [0.25, 0.3) is 5.91 Å². The summed E-state index contributed by atoms with van der Waals surface area (Å²) in [5.74, 6) is 0.0645. The van der Waals surface area contributed by atoms with Crippen LogP contribution in [0.25, 0.3) is 22.2 Å². The first kappa shape index (κ1) is 19.8. The van der Waals surface area contributed by atoms with E-state index in [1.165, 1.54) is 0 Å². The first-order valence-electron chi connectivity index (χ1n) is 10.9. The van der Waals surface area contributed by atoms with Gasteiger partial charge in [-0.1, -0.05) is 18.2 Å². The van der Waals surface area contributed by atoms with Crippen molar-refractivity contribution < 1.29 is 9.59 Å². The van der Waals surface area contributed by atoms with Crippen LogP contribution in [0.4, 0.5) is 0 Å². The summed E-state index contributed by atoms with van der Waals surface area (Å²) < 4.78 is 2.00. The molecule has 160 valence electrons. The Morgan fingerprint density at radius 2 is 1.77 bits per heavy atom. The highest BCUT2D eigenvalue weighted by Gasteiger charge is 2.43. The highest BCUT2D eigenvalue weighted by molar-refractivity contribution is 5.95. The summed E-state index contributed by atoms with van der Waals surface area (Å²) in [5.41, 5.74) is 4.41. The number of rotatable bonds is 2. The van der Waals surface area contributed by atoms with Crippen LogP contribution in [0.3, 0.4) is 0 Å². The molecule has 1 aliphatic carbocycles. The average Bonchev–Trinajstić information content (AvgIpc) is 3.16. The molecule has 3 aromatic rings. The van der Waals surface area contributed by atoms with Crippen LogP contribution in [0, 0.1) is 0 Å². The Balaban J connectivity index is 1.30. The predicted octanol–water partition coefficient (Wildman–Crippen LogP) is 2.32. The number of benzene rings is 2. The van der Waals surface area contributed by atoms with Crippen molar-refractivity contribution in [2.45, 2.75) is 24.8 Å². The fraction of sp³-hybridized carbons (Fsp3) is 0.375. The van der Waals surface area contributed by atoms with Crippen LogP contribution < -0.4 is 10.6 Å². The van der Waals surface area contributed by atoms with Gasteiger partial charge in [-0.25, -0.2) is 4.98 Å². The molecule has 2 amide bonds. The van der Waals surface area contributed by atoms with Crippen molar-refractivity contribution in [2.24, 2.45) is 7.05 Å². The molecule has 2 N–H and O–H groups in total. The number of hydrogen-bond donors (Lipinski definition) is 2. The number of fused-ring (bicyclic) bond motifs is 1. The van der Waals surface area contributed by atoms with Crippen LogP contribution in [0.1, 0.15) is 29.6 Å². The topological polar surface area (TPSA) is 79.3 Å². The first-order chi connectivity index (χ1) is 15.1. The van der Waals surface area contributed by atoms with E-state index in [0.717, 1.165) is 41.4 Å². The maximum absolute atomic E-state index is 13.1. The van der Waals surface area contributed by atoms with Crippen LogP contribution in [-0.4, -0.2) is 58.0 Å². The molecule has 0 bridgehead atoms. The number of amides is 2. The van der Waals surface area contributed by atoms with Crippen molar-refractivity contribution in [1.29, 1.82) is 0 Å². The number of nitrogens with zero attached hydrogens (tertiary/aromatic N) is 3. The normalized spacial score (nSPS) is 18.7. The van der Waals surface area contributed by atoms with Gasteiger partial charge in [-0.2, -0.15) is 0 Å². The predicted molar refractivity (Wildman–Crippen MR) is 120 cm³/mol. The molecule has 0 unspecified atom stereocenters. The van der Waals surface area contributed by atoms with E-state index in [4.69, 9.17) is 0 Å². The van der Waals surface area contributed by atoms with E-state index in [0.29, 0.717) is 31.7 Å².